The Bertz CT molecular complexity index is 424. The van der Waals surface area contributed by atoms with Crippen molar-refractivity contribution in [3.05, 3.63) is 0 Å². The molecule has 22 heavy (non-hydrogen) atoms. The number of carbonyl (C=O) groups is 1. The van der Waals surface area contributed by atoms with Crippen LogP contribution in [0.5, 0.6) is 0 Å². The standard InChI is InChI=1S/C13H18F2O4S.Na.H2O/c14-13(15,20(17)18)7-19-11(16)12-4-8-1-9(5-12)3-10(2-8)6-12;;/h8-10H,1-7H2,(H,17,18);;1H2/q;+1;/p-2. The first-order chi connectivity index (χ1) is 9.31. The maximum absolute atomic E-state index is 13.0. The van der Waals surface area contributed by atoms with E-state index in [1.54, 1.807) is 0 Å². The van der Waals surface area contributed by atoms with Crippen LogP contribution in [-0.4, -0.2) is 32.1 Å². The summed E-state index contributed by atoms with van der Waals surface area (Å²) in [6.45, 7) is -1.37. The fraction of sp³-hybridized carbons (Fsp3) is 0.923. The van der Waals surface area contributed by atoms with Gasteiger partial charge in [0, 0.05) is 11.1 Å². The third kappa shape index (κ3) is 3.72. The zero-order valence-corrected chi connectivity index (χ0v) is 15.2. The maximum atomic E-state index is 13.0. The van der Waals surface area contributed by atoms with Crippen LogP contribution >= 0.6 is 0 Å². The molecule has 4 fully saturated rings. The van der Waals surface area contributed by atoms with Gasteiger partial charge in [0.15, 0.2) is 6.61 Å². The summed E-state index contributed by atoms with van der Waals surface area (Å²) in [5, 5.41) is -4.00. The molecule has 4 saturated carbocycles. The van der Waals surface area contributed by atoms with Crippen LogP contribution in [0.4, 0.5) is 8.78 Å². The van der Waals surface area contributed by atoms with Gasteiger partial charge < -0.3 is 14.8 Å². The quantitative estimate of drug-likeness (QED) is 0.371. The van der Waals surface area contributed by atoms with Gasteiger partial charge in [0.1, 0.15) is 0 Å². The molecule has 4 rings (SSSR count). The average molecular weight is 347 g/mol. The number of halogens is 2. The molecule has 0 saturated heterocycles. The monoisotopic (exact) mass is 347 g/mol. The summed E-state index contributed by atoms with van der Waals surface area (Å²) < 4.78 is 51.3. The molecule has 4 aliphatic rings. The Kier molecular flexibility index (Phi) is 6.60. The van der Waals surface area contributed by atoms with Crippen molar-refractivity contribution in [2.45, 2.75) is 43.8 Å². The second-order valence-corrected chi connectivity index (χ2v) is 7.71. The van der Waals surface area contributed by atoms with Gasteiger partial charge in [0.25, 0.3) is 0 Å². The Morgan fingerprint density at radius 3 is 1.95 bits per heavy atom. The molecule has 0 amide bonds. The number of hydrogen-bond acceptors (Lipinski definition) is 5. The Morgan fingerprint density at radius 2 is 1.59 bits per heavy atom. The molecule has 9 heteroatoms. The first kappa shape index (κ1) is 20.4. The Labute approximate surface area is 152 Å². The van der Waals surface area contributed by atoms with E-state index in [-0.39, 0.29) is 35.0 Å². The summed E-state index contributed by atoms with van der Waals surface area (Å²) in [4.78, 5) is 12.2. The number of rotatable bonds is 4. The molecule has 0 aromatic heterocycles. The predicted octanol–water partition coefficient (Wildman–Crippen LogP) is -0.955. The molecule has 4 aliphatic carbocycles. The van der Waals surface area contributed by atoms with E-state index in [0.717, 1.165) is 19.3 Å². The van der Waals surface area contributed by atoms with Gasteiger partial charge in [-0.3, -0.25) is 9.00 Å². The van der Waals surface area contributed by atoms with Crippen molar-refractivity contribution in [2.75, 3.05) is 6.61 Å². The molecule has 0 spiro atoms. The van der Waals surface area contributed by atoms with E-state index in [4.69, 9.17) is 0 Å². The molecule has 0 aromatic carbocycles. The summed E-state index contributed by atoms with van der Waals surface area (Å²) in [7, 11) is 0. The van der Waals surface area contributed by atoms with E-state index in [2.05, 4.69) is 4.74 Å². The maximum Gasteiger partial charge on any atom is 1.00 e. The minimum Gasteiger partial charge on any atom is -0.870 e. The zero-order chi connectivity index (χ0) is 14.5. The third-order valence-corrected chi connectivity index (χ3v) is 5.69. The van der Waals surface area contributed by atoms with E-state index in [0.29, 0.717) is 37.0 Å². The number of carbonyl (C=O) groups excluding carboxylic acids is 1. The fourth-order valence-corrected chi connectivity index (χ4v) is 4.87. The number of ether oxygens (including phenoxy) is 1. The van der Waals surface area contributed by atoms with Crippen molar-refractivity contribution in [1.82, 2.24) is 0 Å². The molecular formula is C13H18F2NaO5S-. The van der Waals surface area contributed by atoms with E-state index < -0.39 is 34.3 Å². The van der Waals surface area contributed by atoms with Gasteiger partial charge in [-0.2, -0.15) is 8.78 Å². The second kappa shape index (κ2) is 7.11. The number of esters is 1. The average Bonchev–Trinajstić information content (AvgIpc) is 2.34. The molecule has 5 nitrogen and oxygen atoms in total. The minimum atomic E-state index is -4.00. The second-order valence-electron chi connectivity index (χ2n) is 6.65. The molecule has 0 radical (unpaired) electrons. The molecule has 0 aromatic rings. The number of hydrogen-bond donors (Lipinski definition) is 0. The van der Waals surface area contributed by atoms with Crippen LogP contribution in [-0.2, 0) is 20.6 Å². The van der Waals surface area contributed by atoms with Gasteiger partial charge in [-0.05, 0) is 56.3 Å². The van der Waals surface area contributed by atoms with Crippen LogP contribution in [0.2, 0.25) is 0 Å². The van der Waals surface area contributed by atoms with Crippen LogP contribution in [0.3, 0.4) is 0 Å². The van der Waals surface area contributed by atoms with E-state index in [1.807, 2.05) is 0 Å². The van der Waals surface area contributed by atoms with Crippen LogP contribution in [0.1, 0.15) is 38.5 Å². The molecule has 1 N–H and O–H groups in total. The topological polar surface area (TPSA) is 96.4 Å². The smallest absolute Gasteiger partial charge is 0.870 e. The van der Waals surface area contributed by atoms with E-state index in [9.17, 15) is 22.3 Å². The number of alkyl halides is 2. The summed E-state index contributed by atoms with van der Waals surface area (Å²) >= 11 is -3.56. The van der Waals surface area contributed by atoms with E-state index in [1.165, 1.54) is 0 Å². The molecule has 1 unspecified atom stereocenters. The van der Waals surface area contributed by atoms with Gasteiger partial charge in [0.05, 0.1) is 5.41 Å². The summed E-state index contributed by atoms with van der Waals surface area (Å²) in [6, 6.07) is 0. The van der Waals surface area contributed by atoms with Crippen molar-refractivity contribution < 1.29 is 62.1 Å². The third-order valence-electron chi connectivity index (χ3n) is 5.09. The zero-order valence-electron chi connectivity index (χ0n) is 12.4. The van der Waals surface area contributed by atoms with Gasteiger partial charge in [-0.15, -0.1) is 0 Å². The Hall–Kier alpha value is 0.400. The molecule has 4 bridgehead atoms. The predicted molar refractivity (Wildman–Crippen MR) is 67.4 cm³/mol. The molecule has 122 valence electrons. The summed E-state index contributed by atoms with van der Waals surface area (Å²) in [5.74, 6) is 0.885. The Balaban J connectivity index is 0.00000121. The molecule has 1 atom stereocenters. The van der Waals surface area contributed by atoms with Crippen molar-refractivity contribution in [2.24, 2.45) is 23.2 Å². The molecular weight excluding hydrogens is 329 g/mol. The first-order valence-electron chi connectivity index (χ1n) is 6.95. The van der Waals surface area contributed by atoms with E-state index >= 15 is 0 Å². The van der Waals surface area contributed by atoms with Crippen LogP contribution in [0.25, 0.3) is 0 Å². The van der Waals surface area contributed by atoms with Gasteiger partial charge in [0.2, 0.25) is 0 Å². The molecule has 0 heterocycles. The van der Waals surface area contributed by atoms with Crippen LogP contribution < -0.4 is 29.6 Å². The fourth-order valence-electron chi connectivity index (χ4n) is 4.71. The van der Waals surface area contributed by atoms with Crippen molar-refractivity contribution in [3.8, 4) is 0 Å². The van der Waals surface area contributed by atoms with Crippen molar-refractivity contribution in [3.63, 3.8) is 0 Å². The van der Waals surface area contributed by atoms with Gasteiger partial charge >= 0.3 is 40.8 Å². The van der Waals surface area contributed by atoms with Gasteiger partial charge in [-0.1, -0.05) is 0 Å². The van der Waals surface area contributed by atoms with Crippen molar-refractivity contribution in [1.29, 1.82) is 0 Å². The Morgan fingerprint density at radius 1 is 1.18 bits per heavy atom. The normalized spacial score (nSPS) is 37.0. The first-order valence-corrected chi connectivity index (χ1v) is 8.03. The SMILES string of the molecule is O=C(OCC(F)(F)S(=O)[O-])C12CC3CC(CC(C3)C1)C2.[Na+].[OH-]. The largest absolute Gasteiger partial charge is 1.00 e. The van der Waals surface area contributed by atoms with Crippen LogP contribution in [0.15, 0.2) is 0 Å². The van der Waals surface area contributed by atoms with Gasteiger partial charge in [-0.25, -0.2) is 0 Å². The summed E-state index contributed by atoms with van der Waals surface area (Å²) in [5.41, 5.74) is -0.630. The molecule has 0 aliphatic heterocycles. The minimum absolute atomic E-state index is 0. The van der Waals surface area contributed by atoms with Crippen molar-refractivity contribution >= 4 is 17.0 Å². The van der Waals surface area contributed by atoms with Crippen LogP contribution in [0, 0.1) is 23.2 Å². The summed E-state index contributed by atoms with van der Waals surface area (Å²) in [6.07, 6.45) is 5.53.